The second-order valence-corrected chi connectivity index (χ2v) is 5.77. The fourth-order valence-electron chi connectivity index (χ4n) is 2.05. The maximum absolute atomic E-state index is 12.5. The first-order valence-electron chi connectivity index (χ1n) is 7.31. The first kappa shape index (κ1) is 16.1. The Hall–Kier alpha value is -2.81. The third-order valence-electron chi connectivity index (χ3n) is 3.13. The van der Waals surface area contributed by atoms with E-state index in [1.54, 1.807) is 23.0 Å². The standard InChI is InChI=1S/C15H16N6O2S/c1-4-23-14-11(6-5-9(2)17-14)13(22)19-15-18-12(20-24-15)10-7-16-21(3)8-10/h5-8H,4H2,1-3H3,(H,18,19,20,22). The molecule has 124 valence electrons. The molecule has 3 aromatic rings. The Balaban J connectivity index is 1.79. The molecular weight excluding hydrogens is 328 g/mol. The molecule has 0 spiro atoms. The minimum Gasteiger partial charge on any atom is -0.477 e. The molecule has 0 unspecified atom stereocenters. The van der Waals surface area contributed by atoms with Crippen LogP contribution in [0.5, 0.6) is 5.88 Å². The van der Waals surface area contributed by atoms with Gasteiger partial charge < -0.3 is 4.74 Å². The summed E-state index contributed by atoms with van der Waals surface area (Å²) in [5, 5.41) is 7.22. The van der Waals surface area contributed by atoms with Crippen LogP contribution in [0.15, 0.2) is 24.5 Å². The van der Waals surface area contributed by atoms with E-state index in [1.807, 2.05) is 27.1 Å². The van der Waals surface area contributed by atoms with Gasteiger partial charge in [0.25, 0.3) is 5.91 Å². The Labute approximate surface area is 142 Å². The molecule has 3 rings (SSSR count). The highest BCUT2D eigenvalue weighted by Crippen LogP contribution is 2.22. The molecule has 0 fully saturated rings. The highest BCUT2D eigenvalue weighted by molar-refractivity contribution is 7.10. The van der Waals surface area contributed by atoms with Crippen LogP contribution < -0.4 is 10.1 Å². The average Bonchev–Trinajstić information content (AvgIpc) is 3.16. The molecule has 0 aromatic carbocycles. The summed E-state index contributed by atoms with van der Waals surface area (Å²) in [6.45, 7) is 4.12. The highest BCUT2D eigenvalue weighted by atomic mass is 32.1. The third kappa shape index (κ3) is 3.40. The summed E-state index contributed by atoms with van der Waals surface area (Å²) >= 11 is 1.11. The zero-order valence-corrected chi connectivity index (χ0v) is 14.3. The largest absolute Gasteiger partial charge is 0.477 e. The molecule has 0 saturated carbocycles. The number of carbonyl (C=O) groups is 1. The van der Waals surface area contributed by atoms with Gasteiger partial charge in [0.15, 0.2) is 5.82 Å². The molecule has 1 amide bonds. The van der Waals surface area contributed by atoms with Crippen molar-refractivity contribution < 1.29 is 9.53 Å². The highest BCUT2D eigenvalue weighted by Gasteiger charge is 2.17. The average molecular weight is 344 g/mol. The molecule has 24 heavy (non-hydrogen) atoms. The number of anilines is 1. The number of amides is 1. The number of rotatable bonds is 5. The molecule has 0 aliphatic heterocycles. The smallest absolute Gasteiger partial charge is 0.262 e. The van der Waals surface area contributed by atoms with E-state index in [0.717, 1.165) is 22.8 Å². The van der Waals surface area contributed by atoms with Gasteiger partial charge in [0.2, 0.25) is 11.0 Å². The summed E-state index contributed by atoms with van der Waals surface area (Å²) < 4.78 is 11.3. The van der Waals surface area contributed by atoms with Gasteiger partial charge in [-0.3, -0.25) is 14.8 Å². The van der Waals surface area contributed by atoms with E-state index < -0.39 is 0 Å². The molecule has 3 heterocycles. The third-order valence-corrected chi connectivity index (χ3v) is 3.77. The quantitative estimate of drug-likeness (QED) is 0.763. The number of carbonyl (C=O) groups excluding carboxylic acids is 1. The van der Waals surface area contributed by atoms with Crippen molar-refractivity contribution in [3.63, 3.8) is 0 Å². The molecule has 0 bridgehead atoms. The van der Waals surface area contributed by atoms with Gasteiger partial charge in [-0.2, -0.15) is 14.5 Å². The van der Waals surface area contributed by atoms with Crippen molar-refractivity contribution in [3.05, 3.63) is 35.8 Å². The van der Waals surface area contributed by atoms with Crippen LogP contribution in [0.1, 0.15) is 23.0 Å². The maximum Gasteiger partial charge on any atom is 0.262 e. The lowest BCUT2D eigenvalue weighted by Gasteiger charge is -2.08. The fraction of sp³-hybridized carbons (Fsp3) is 0.267. The topological polar surface area (TPSA) is 94.8 Å². The van der Waals surface area contributed by atoms with Gasteiger partial charge >= 0.3 is 0 Å². The first-order valence-corrected chi connectivity index (χ1v) is 8.08. The summed E-state index contributed by atoms with van der Waals surface area (Å²) in [5.74, 6) is 0.502. The SMILES string of the molecule is CCOc1nc(C)ccc1C(=O)Nc1nc(-c2cnn(C)c2)ns1. The van der Waals surface area contributed by atoms with Crippen molar-refractivity contribution in [2.24, 2.45) is 7.05 Å². The van der Waals surface area contributed by atoms with Crippen molar-refractivity contribution in [3.8, 4) is 17.3 Å². The van der Waals surface area contributed by atoms with E-state index >= 15 is 0 Å². The molecule has 0 atom stereocenters. The normalized spacial score (nSPS) is 10.6. The van der Waals surface area contributed by atoms with Crippen LogP contribution >= 0.6 is 11.5 Å². The zero-order chi connectivity index (χ0) is 17.1. The number of nitrogens with zero attached hydrogens (tertiary/aromatic N) is 5. The van der Waals surface area contributed by atoms with Crippen LogP contribution in [0.25, 0.3) is 11.4 Å². The van der Waals surface area contributed by atoms with Crippen LogP contribution in [0.4, 0.5) is 5.13 Å². The van der Waals surface area contributed by atoms with E-state index in [4.69, 9.17) is 4.74 Å². The van der Waals surface area contributed by atoms with Gasteiger partial charge in [-0.1, -0.05) is 0 Å². The van der Waals surface area contributed by atoms with Crippen molar-refractivity contribution in [2.75, 3.05) is 11.9 Å². The summed E-state index contributed by atoms with van der Waals surface area (Å²) in [6, 6.07) is 3.45. The van der Waals surface area contributed by atoms with Crippen molar-refractivity contribution >= 4 is 22.6 Å². The Bertz CT molecular complexity index is 872. The van der Waals surface area contributed by atoms with E-state index in [0.29, 0.717) is 29.0 Å². The maximum atomic E-state index is 12.5. The second-order valence-electron chi connectivity index (χ2n) is 5.02. The van der Waals surface area contributed by atoms with E-state index in [-0.39, 0.29) is 5.91 Å². The van der Waals surface area contributed by atoms with Crippen molar-refractivity contribution in [2.45, 2.75) is 13.8 Å². The van der Waals surface area contributed by atoms with Gasteiger partial charge in [-0.15, -0.1) is 0 Å². The predicted octanol–water partition coefficient (Wildman–Crippen LogP) is 2.29. The molecule has 0 saturated heterocycles. The number of nitrogens with one attached hydrogen (secondary N) is 1. The Morgan fingerprint density at radius 1 is 1.38 bits per heavy atom. The predicted molar refractivity (Wildman–Crippen MR) is 90.2 cm³/mol. The van der Waals surface area contributed by atoms with Crippen LogP contribution in [0, 0.1) is 6.92 Å². The lowest BCUT2D eigenvalue weighted by atomic mass is 10.2. The van der Waals surface area contributed by atoms with Crippen LogP contribution in [-0.4, -0.2) is 36.6 Å². The summed E-state index contributed by atoms with van der Waals surface area (Å²) in [5.41, 5.74) is 1.94. The summed E-state index contributed by atoms with van der Waals surface area (Å²) in [6.07, 6.45) is 3.48. The van der Waals surface area contributed by atoms with Gasteiger partial charge in [0.1, 0.15) is 5.56 Å². The minimum atomic E-state index is -0.333. The molecule has 0 aliphatic rings. The van der Waals surface area contributed by atoms with Gasteiger partial charge in [-0.25, -0.2) is 4.98 Å². The van der Waals surface area contributed by atoms with Crippen LogP contribution in [-0.2, 0) is 7.05 Å². The van der Waals surface area contributed by atoms with Crippen LogP contribution in [0.3, 0.4) is 0 Å². The number of ether oxygens (including phenoxy) is 1. The molecule has 9 heteroatoms. The van der Waals surface area contributed by atoms with Crippen molar-refractivity contribution in [1.29, 1.82) is 0 Å². The van der Waals surface area contributed by atoms with E-state index in [2.05, 4.69) is 24.8 Å². The molecule has 0 aliphatic carbocycles. The van der Waals surface area contributed by atoms with Gasteiger partial charge in [0.05, 0.1) is 18.4 Å². The molecule has 8 nitrogen and oxygen atoms in total. The molecule has 3 aromatic heterocycles. The van der Waals surface area contributed by atoms with Gasteiger partial charge in [-0.05, 0) is 26.0 Å². The molecule has 0 radical (unpaired) electrons. The lowest BCUT2D eigenvalue weighted by molar-refractivity contribution is 0.102. The fourth-order valence-corrected chi connectivity index (χ4v) is 2.63. The number of aryl methyl sites for hydroxylation is 2. The van der Waals surface area contributed by atoms with E-state index in [9.17, 15) is 4.79 Å². The van der Waals surface area contributed by atoms with Crippen LogP contribution in [0.2, 0.25) is 0 Å². The monoisotopic (exact) mass is 344 g/mol. The molecule has 1 N–H and O–H groups in total. The summed E-state index contributed by atoms with van der Waals surface area (Å²) in [4.78, 5) is 21.0. The second kappa shape index (κ2) is 6.75. The number of hydrogen-bond donors (Lipinski definition) is 1. The minimum absolute atomic E-state index is 0.312. The zero-order valence-electron chi connectivity index (χ0n) is 13.5. The Morgan fingerprint density at radius 2 is 2.21 bits per heavy atom. The number of pyridine rings is 1. The Kier molecular flexibility index (Phi) is 4.52. The number of aromatic nitrogens is 5. The van der Waals surface area contributed by atoms with Crippen molar-refractivity contribution in [1.82, 2.24) is 24.1 Å². The lowest BCUT2D eigenvalue weighted by Crippen LogP contribution is -2.14. The first-order chi connectivity index (χ1) is 11.6. The summed E-state index contributed by atoms with van der Waals surface area (Å²) in [7, 11) is 1.82. The number of hydrogen-bond acceptors (Lipinski definition) is 7. The Morgan fingerprint density at radius 3 is 2.92 bits per heavy atom. The van der Waals surface area contributed by atoms with E-state index in [1.165, 1.54) is 0 Å². The molecular formula is C15H16N6O2S. The van der Waals surface area contributed by atoms with Gasteiger partial charge in [0, 0.05) is 30.5 Å².